The van der Waals surface area contributed by atoms with Gasteiger partial charge in [0.2, 0.25) is 0 Å². The minimum atomic E-state index is 0.473. The molecule has 0 bridgehead atoms. The van der Waals surface area contributed by atoms with E-state index in [0.717, 1.165) is 24.5 Å². The molecular formula is C12H17ClN2. The highest BCUT2D eigenvalue weighted by Crippen LogP contribution is 2.37. The summed E-state index contributed by atoms with van der Waals surface area (Å²) < 4.78 is 0. The number of rotatable bonds is 3. The maximum Gasteiger partial charge on any atom is 0.132 e. The van der Waals surface area contributed by atoms with E-state index in [-0.39, 0.29) is 0 Å². The number of anilines is 1. The summed E-state index contributed by atoms with van der Waals surface area (Å²) in [6, 6.07) is 4.00. The van der Waals surface area contributed by atoms with Crippen LogP contribution in [0.4, 0.5) is 5.82 Å². The van der Waals surface area contributed by atoms with Crippen LogP contribution in [0.3, 0.4) is 0 Å². The van der Waals surface area contributed by atoms with Gasteiger partial charge in [-0.05, 0) is 12.5 Å². The monoisotopic (exact) mass is 224 g/mol. The highest BCUT2D eigenvalue weighted by Gasteiger charge is 2.38. The van der Waals surface area contributed by atoms with Gasteiger partial charge in [0.15, 0.2) is 0 Å². The van der Waals surface area contributed by atoms with Crippen LogP contribution in [0.2, 0.25) is 0 Å². The van der Waals surface area contributed by atoms with E-state index in [2.05, 4.69) is 29.8 Å². The van der Waals surface area contributed by atoms with E-state index in [1.807, 2.05) is 12.3 Å². The Bertz CT molecular complexity index is 345. The molecule has 1 fully saturated rings. The topological polar surface area (TPSA) is 16.1 Å². The summed E-state index contributed by atoms with van der Waals surface area (Å²) in [5.74, 6) is 1.61. The third kappa shape index (κ3) is 1.96. The lowest BCUT2D eigenvalue weighted by Crippen LogP contribution is -2.55. The average Bonchev–Trinajstić information content (AvgIpc) is 2.25. The Morgan fingerprint density at radius 3 is 2.87 bits per heavy atom. The van der Waals surface area contributed by atoms with E-state index in [9.17, 15) is 0 Å². The van der Waals surface area contributed by atoms with Gasteiger partial charge >= 0.3 is 0 Å². The molecule has 1 aliphatic heterocycles. The van der Waals surface area contributed by atoms with Crippen LogP contribution < -0.4 is 4.90 Å². The molecule has 2 heterocycles. The second-order valence-electron chi connectivity index (χ2n) is 4.64. The molecule has 0 N–H and O–H groups in total. The van der Waals surface area contributed by atoms with Crippen LogP contribution in [-0.4, -0.2) is 18.1 Å². The highest BCUT2D eigenvalue weighted by molar-refractivity contribution is 6.17. The van der Waals surface area contributed by atoms with Crippen molar-refractivity contribution in [2.24, 2.45) is 5.41 Å². The molecule has 0 spiro atoms. The van der Waals surface area contributed by atoms with E-state index < -0.39 is 0 Å². The number of nitrogens with zero attached hydrogens (tertiary/aromatic N) is 2. The van der Waals surface area contributed by atoms with E-state index >= 15 is 0 Å². The SMILES string of the molecule is CCC1(C)CN(c2ncccc2CCl)C1. The molecule has 3 heteroatoms. The smallest absolute Gasteiger partial charge is 0.132 e. The van der Waals surface area contributed by atoms with Crippen LogP contribution in [0.25, 0.3) is 0 Å². The van der Waals surface area contributed by atoms with Gasteiger partial charge in [0.1, 0.15) is 5.82 Å². The van der Waals surface area contributed by atoms with Crippen molar-refractivity contribution in [1.29, 1.82) is 0 Å². The zero-order chi connectivity index (χ0) is 10.9. The second-order valence-corrected chi connectivity index (χ2v) is 4.91. The van der Waals surface area contributed by atoms with Crippen molar-refractivity contribution in [2.75, 3.05) is 18.0 Å². The first kappa shape index (κ1) is 10.7. The Morgan fingerprint density at radius 1 is 1.53 bits per heavy atom. The maximum atomic E-state index is 5.90. The number of hydrogen-bond acceptors (Lipinski definition) is 2. The molecule has 82 valence electrons. The summed E-state index contributed by atoms with van der Waals surface area (Å²) in [6.07, 6.45) is 3.07. The van der Waals surface area contributed by atoms with E-state index in [4.69, 9.17) is 11.6 Å². The van der Waals surface area contributed by atoms with Crippen molar-refractivity contribution in [3.63, 3.8) is 0 Å². The van der Waals surface area contributed by atoms with Gasteiger partial charge < -0.3 is 4.90 Å². The Morgan fingerprint density at radius 2 is 2.27 bits per heavy atom. The molecule has 15 heavy (non-hydrogen) atoms. The van der Waals surface area contributed by atoms with Gasteiger partial charge in [-0.2, -0.15) is 0 Å². The quantitative estimate of drug-likeness (QED) is 0.734. The number of alkyl halides is 1. The van der Waals surface area contributed by atoms with Gasteiger partial charge in [-0.1, -0.05) is 19.9 Å². The molecule has 0 aliphatic carbocycles. The lowest BCUT2D eigenvalue weighted by atomic mass is 9.79. The normalized spacial score (nSPS) is 18.7. The van der Waals surface area contributed by atoms with Crippen molar-refractivity contribution in [1.82, 2.24) is 4.98 Å². The third-order valence-corrected chi connectivity index (χ3v) is 3.60. The summed E-state index contributed by atoms with van der Waals surface area (Å²) in [5, 5.41) is 0. The molecule has 1 aliphatic rings. The second kappa shape index (κ2) is 4.01. The van der Waals surface area contributed by atoms with Gasteiger partial charge in [0, 0.05) is 30.3 Å². The summed E-state index contributed by atoms with van der Waals surface area (Å²) in [4.78, 5) is 6.73. The molecule has 0 amide bonds. The van der Waals surface area contributed by atoms with Crippen LogP contribution in [-0.2, 0) is 5.88 Å². The fourth-order valence-corrected chi connectivity index (χ4v) is 2.28. The standard InChI is InChI=1S/C12H17ClN2/c1-3-12(2)8-15(9-12)11-10(7-13)5-4-6-14-11/h4-6H,3,7-9H2,1-2H3. The van der Waals surface area contributed by atoms with Crippen molar-refractivity contribution < 1.29 is 0 Å². The molecule has 0 saturated carbocycles. The molecule has 0 radical (unpaired) electrons. The minimum absolute atomic E-state index is 0.473. The minimum Gasteiger partial charge on any atom is -0.355 e. The first-order valence-electron chi connectivity index (χ1n) is 5.43. The van der Waals surface area contributed by atoms with Crippen LogP contribution in [0.1, 0.15) is 25.8 Å². The molecular weight excluding hydrogens is 208 g/mol. The Labute approximate surface area is 96.3 Å². The highest BCUT2D eigenvalue weighted by atomic mass is 35.5. The largest absolute Gasteiger partial charge is 0.355 e. The molecule has 1 saturated heterocycles. The Kier molecular flexibility index (Phi) is 2.87. The molecule has 0 unspecified atom stereocenters. The van der Waals surface area contributed by atoms with E-state index in [0.29, 0.717) is 11.3 Å². The van der Waals surface area contributed by atoms with Crippen molar-refractivity contribution in [3.8, 4) is 0 Å². The summed E-state index contributed by atoms with van der Waals surface area (Å²) in [7, 11) is 0. The maximum absolute atomic E-state index is 5.90. The van der Waals surface area contributed by atoms with Crippen molar-refractivity contribution in [2.45, 2.75) is 26.1 Å². The fraction of sp³-hybridized carbons (Fsp3) is 0.583. The van der Waals surface area contributed by atoms with Crippen molar-refractivity contribution >= 4 is 17.4 Å². The summed E-state index contributed by atoms with van der Waals surface area (Å²) >= 11 is 5.90. The molecule has 0 atom stereocenters. The van der Waals surface area contributed by atoms with Crippen LogP contribution in [0.5, 0.6) is 0 Å². The van der Waals surface area contributed by atoms with Crippen LogP contribution in [0.15, 0.2) is 18.3 Å². The number of hydrogen-bond donors (Lipinski definition) is 0. The van der Waals surface area contributed by atoms with Gasteiger partial charge in [-0.25, -0.2) is 4.98 Å². The number of halogens is 1. The Balaban J connectivity index is 2.13. The zero-order valence-corrected chi connectivity index (χ0v) is 10.1. The number of pyridine rings is 1. The molecule has 1 aromatic heterocycles. The van der Waals surface area contributed by atoms with Gasteiger partial charge in [-0.3, -0.25) is 0 Å². The first-order chi connectivity index (χ1) is 7.18. The molecule has 1 aromatic rings. The van der Waals surface area contributed by atoms with E-state index in [1.165, 1.54) is 6.42 Å². The number of aromatic nitrogens is 1. The molecule has 2 rings (SSSR count). The van der Waals surface area contributed by atoms with Crippen molar-refractivity contribution in [3.05, 3.63) is 23.9 Å². The van der Waals surface area contributed by atoms with E-state index in [1.54, 1.807) is 0 Å². The van der Waals surface area contributed by atoms with Crippen LogP contribution >= 0.6 is 11.6 Å². The third-order valence-electron chi connectivity index (χ3n) is 3.31. The average molecular weight is 225 g/mol. The lowest BCUT2D eigenvalue weighted by molar-refractivity contribution is 0.232. The molecule has 0 aromatic carbocycles. The van der Waals surface area contributed by atoms with Gasteiger partial charge in [-0.15, -0.1) is 11.6 Å². The van der Waals surface area contributed by atoms with Gasteiger partial charge in [0.05, 0.1) is 5.88 Å². The predicted molar refractivity (Wildman–Crippen MR) is 64.4 cm³/mol. The lowest BCUT2D eigenvalue weighted by Gasteiger charge is -2.49. The van der Waals surface area contributed by atoms with Gasteiger partial charge in [0.25, 0.3) is 0 Å². The summed E-state index contributed by atoms with van der Waals surface area (Å²) in [6.45, 7) is 6.78. The molecule has 2 nitrogen and oxygen atoms in total. The van der Waals surface area contributed by atoms with Crippen LogP contribution in [0, 0.1) is 5.41 Å². The summed E-state index contributed by atoms with van der Waals surface area (Å²) in [5.41, 5.74) is 1.61. The first-order valence-corrected chi connectivity index (χ1v) is 5.97. The fourth-order valence-electron chi connectivity index (χ4n) is 2.07. The zero-order valence-electron chi connectivity index (χ0n) is 9.33. The predicted octanol–water partition coefficient (Wildman–Crippen LogP) is 3.06. The Hall–Kier alpha value is -0.760.